The van der Waals surface area contributed by atoms with Crippen molar-refractivity contribution in [2.45, 2.75) is 11.8 Å². The fourth-order valence-electron chi connectivity index (χ4n) is 2.34. The first-order valence-electron chi connectivity index (χ1n) is 6.17. The smallest absolute Gasteiger partial charge is 0.228 e. The summed E-state index contributed by atoms with van der Waals surface area (Å²) in [7, 11) is 0. The average Bonchev–Trinajstić information content (AvgIpc) is 2.79. The lowest BCUT2D eigenvalue weighted by Gasteiger charge is -2.15. The van der Waals surface area contributed by atoms with E-state index in [1.165, 1.54) is 0 Å². The van der Waals surface area contributed by atoms with Crippen LogP contribution in [-0.4, -0.2) is 5.91 Å². The van der Waals surface area contributed by atoms with E-state index >= 15 is 0 Å². The van der Waals surface area contributed by atoms with Gasteiger partial charge < -0.3 is 5.32 Å². The summed E-state index contributed by atoms with van der Waals surface area (Å²) in [6, 6.07) is 9.05. The summed E-state index contributed by atoms with van der Waals surface area (Å²) in [5.41, 5.74) is 3.26. The van der Waals surface area contributed by atoms with Crippen molar-refractivity contribution in [2.24, 2.45) is 0 Å². The van der Waals surface area contributed by atoms with E-state index in [-0.39, 0.29) is 5.91 Å². The van der Waals surface area contributed by atoms with Gasteiger partial charge in [-0.25, -0.2) is 0 Å². The predicted molar refractivity (Wildman–Crippen MR) is 90.6 cm³/mol. The molecule has 0 saturated heterocycles. The Kier molecular flexibility index (Phi) is 4.19. The van der Waals surface area contributed by atoms with E-state index in [0.29, 0.717) is 16.5 Å². The van der Waals surface area contributed by atoms with Crippen molar-refractivity contribution in [1.82, 2.24) is 0 Å². The summed E-state index contributed by atoms with van der Waals surface area (Å²) in [6.45, 7) is 0. The van der Waals surface area contributed by atoms with Gasteiger partial charge in [-0.1, -0.05) is 39.1 Å². The SMILES string of the molecule is O=C1Cc2cc(C(Cl)c3cc(Cl)ccc3Br)c(Cl)cc2N1. The third kappa shape index (κ3) is 2.93. The molecule has 0 saturated carbocycles. The number of fused-ring (bicyclic) bond motifs is 1. The zero-order chi connectivity index (χ0) is 15.1. The summed E-state index contributed by atoms with van der Waals surface area (Å²) in [4.78, 5) is 11.4. The Balaban J connectivity index is 2.06. The molecule has 2 nitrogen and oxygen atoms in total. The molecule has 0 spiro atoms. The minimum absolute atomic E-state index is 0.0340. The first-order valence-corrected chi connectivity index (χ1v) is 8.15. The van der Waals surface area contributed by atoms with Crippen molar-refractivity contribution < 1.29 is 4.79 Å². The standard InChI is InChI=1S/C15H9BrCl3NO/c16-11-2-1-8(17)5-9(11)15(19)10-3-7-4-14(21)20-13(7)6-12(10)18/h1-3,5-6,15H,4H2,(H,20,21). The average molecular weight is 406 g/mol. The van der Waals surface area contributed by atoms with Gasteiger partial charge in [0.05, 0.1) is 11.8 Å². The van der Waals surface area contributed by atoms with Gasteiger partial charge in [0.1, 0.15) is 0 Å². The van der Waals surface area contributed by atoms with Crippen molar-refractivity contribution in [3.05, 3.63) is 61.5 Å². The number of hydrogen-bond acceptors (Lipinski definition) is 1. The van der Waals surface area contributed by atoms with E-state index in [2.05, 4.69) is 21.2 Å². The maximum atomic E-state index is 11.4. The summed E-state index contributed by atoms with van der Waals surface area (Å²) < 4.78 is 0.859. The predicted octanol–water partition coefficient (Wildman–Crippen LogP) is 5.58. The number of hydrogen-bond donors (Lipinski definition) is 1. The van der Waals surface area contributed by atoms with Crippen LogP contribution in [0.3, 0.4) is 0 Å². The van der Waals surface area contributed by atoms with E-state index in [1.54, 1.807) is 18.2 Å². The molecule has 1 amide bonds. The summed E-state index contributed by atoms with van der Waals surface area (Å²) >= 11 is 22.4. The number of halogens is 4. The van der Waals surface area contributed by atoms with Gasteiger partial charge >= 0.3 is 0 Å². The third-order valence-electron chi connectivity index (χ3n) is 3.35. The van der Waals surface area contributed by atoms with Crippen LogP contribution in [0.5, 0.6) is 0 Å². The second-order valence-corrected chi connectivity index (χ2v) is 6.92. The van der Waals surface area contributed by atoms with Crippen molar-refractivity contribution in [2.75, 3.05) is 5.32 Å². The highest BCUT2D eigenvalue weighted by molar-refractivity contribution is 9.10. The second kappa shape index (κ2) is 5.81. The molecule has 3 rings (SSSR count). The Morgan fingerprint density at radius 2 is 1.90 bits per heavy atom. The molecule has 0 aromatic heterocycles. The van der Waals surface area contributed by atoms with E-state index in [4.69, 9.17) is 34.8 Å². The van der Waals surface area contributed by atoms with Gasteiger partial charge in [0.15, 0.2) is 0 Å². The van der Waals surface area contributed by atoms with Crippen LogP contribution >= 0.6 is 50.7 Å². The third-order valence-corrected chi connectivity index (χ3v) is 5.11. The first-order chi connectivity index (χ1) is 9.95. The number of carbonyl (C=O) groups is 1. The molecule has 0 radical (unpaired) electrons. The van der Waals surface area contributed by atoms with E-state index in [9.17, 15) is 4.79 Å². The molecule has 0 fully saturated rings. The lowest BCUT2D eigenvalue weighted by atomic mass is 10.0. The molecule has 1 heterocycles. The molecule has 1 aliphatic heterocycles. The molecule has 0 aliphatic carbocycles. The van der Waals surface area contributed by atoms with Crippen molar-refractivity contribution in [3.63, 3.8) is 0 Å². The second-order valence-electron chi connectivity index (χ2n) is 4.78. The highest BCUT2D eigenvalue weighted by atomic mass is 79.9. The number of carbonyl (C=O) groups excluding carboxylic acids is 1. The van der Waals surface area contributed by atoms with Crippen LogP contribution in [0, 0.1) is 0 Å². The van der Waals surface area contributed by atoms with Crippen molar-refractivity contribution in [1.29, 1.82) is 0 Å². The highest BCUT2D eigenvalue weighted by Gasteiger charge is 2.23. The van der Waals surface area contributed by atoms with Gasteiger partial charge in [0, 0.05) is 20.2 Å². The van der Waals surface area contributed by atoms with Gasteiger partial charge in [-0.15, -0.1) is 11.6 Å². The van der Waals surface area contributed by atoms with Crippen LogP contribution in [0.25, 0.3) is 0 Å². The maximum absolute atomic E-state index is 11.4. The summed E-state index contributed by atoms with van der Waals surface area (Å²) in [5, 5.41) is 3.44. The summed E-state index contributed by atoms with van der Waals surface area (Å²) in [5.74, 6) is -0.0340. The van der Waals surface area contributed by atoms with Gasteiger partial charge in [0.2, 0.25) is 5.91 Å². The van der Waals surface area contributed by atoms with Gasteiger partial charge in [0.25, 0.3) is 0 Å². The normalized spacial score (nSPS) is 14.8. The van der Waals surface area contributed by atoms with Crippen LogP contribution < -0.4 is 5.32 Å². The fourth-order valence-corrected chi connectivity index (χ4v) is 3.82. The Labute approximate surface area is 145 Å². The maximum Gasteiger partial charge on any atom is 0.228 e. The number of alkyl halides is 1. The van der Waals surface area contributed by atoms with E-state index in [0.717, 1.165) is 26.9 Å². The van der Waals surface area contributed by atoms with Crippen molar-refractivity contribution in [3.8, 4) is 0 Å². The molecule has 1 atom stereocenters. The number of nitrogens with one attached hydrogen (secondary N) is 1. The van der Waals surface area contributed by atoms with Crippen LogP contribution in [-0.2, 0) is 11.2 Å². The zero-order valence-corrected chi connectivity index (χ0v) is 14.4. The summed E-state index contributed by atoms with van der Waals surface area (Å²) in [6.07, 6.45) is 0.347. The Hall–Kier alpha value is -0.740. The minimum atomic E-state index is -0.452. The molecule has 21 heavy (non-hydrogen) atoms. The molecule has 2 aromatic carbocycles. The molecule has 108 valence electrons. The van der Waals surface area contributed by atoms with Crippen LogP contribution in [0.15, 0.2) is 34.8 Å². The fraction of sp³-hybridized carbons (Fsp3) is 0.133. The Morgan fingerprint density at radius 3 is 2.67 bits per heavy atom. The minimum Gasteiger partial charge on any atom is -0.325 e. The van der Waals surface area contributed by atoms with Crippen LogP contribution in [0.1, 0.15) is 22.1 Å². The lowest BCUT2D eigenvalue weighted by Crippen LogP contribution is -2.03. The van der Waals surface area contributed by atoms with Crippen molar-refractivity contribution >= 4 is 62.3 Å². The number of anilines is 1. The first kappa shape index (κ1) is 15.2. The van der Waals surface area contributed by atoms with Crippen LogP contribution in [0.2, 0.25) is 10.0 Å². The van der Waals surface area contributed by atoms with E-state index < -0.39 is 5.38 Å². The topological polar surface area (TPSA) is 29.1 Å². The lowest BCUT2D eigenvalue weighted by molar-refractivity contribution is -0.115. The zero-order valence-electron chi connectivity index (χ0n) is 10.6. The molecule has 0 bridgehead atoms. The number of amides is 1. The van der Waals surface area contributed by atoms with Gasteiger partial charge in [-0.05, 0) is 47.0 Å². The quantitative estimate of drug-likeness (QED) is 0.650. The number of benzene rings is 2. The Morgan fingerprint density at radius 1 is 1.14 bits per heavy atom. The van der Waals surface area contributed by atoms with Crippen LogP contribution in [0.4, 0.5) is 5.69 Å². The highest BCUT2D eigenvalue weighted by Crippen LogP contribution is 2.41. The monoisotopic (exact) mass is 403 g/mol. The molecular formula is C15H9BrCl3NO. The molecule has 6 heteroatoms. The van der Waals surface area contributed by atoms with Gasteiger partial charge in [-0.3, -0.25) is 4.79 Å². The number of rotatable bonds is 2. The molecule has 2 aromatic rings. The molecule has 1 aliphatic rings. The van der Waals surface area contributed by atoms with E-state index in [1.807, 2.05) is 12.1 Å². The molecular weight excluding hydrogens is 396 g/mol. The largest absolute Gasteiger partial charge is 0.325 e. The molecule has 1 N–H and O–H groups in total. The molecule has 1 unspecified atom stereocenters. The van der Waals surface area contributed by atoms with Gasteiger partial charge in [-0.2, -0.15) is 0 Å². The Bertz CT molecular complexity index is 748.